The van der Waals surface area contributed by atoms with Crippen LogP contribution in [0.15, 0.2) is 24.3 Å². The lowest BCUT2D eigenvalue weighted by atomic mass is 9.95. The fourth-order valence-electron chi connectivity index (χ4n) is 1.88. The van der Waals surface area contributed by atoms with E-state index in [0.29, 0.717) is 0 Å². The van der Waals surface area contributed by atoms with Gasteiger partial charge in [0.05, 0.1) is 11.2 Å². The van der Waals surface area contributed by atoms with Crippen LogP contribution in [0.25, 0.3) is 10.9 Å². The summed E-state index contributed by atoms with van der Waals surface area (Å²) in [6.45, 7) is 9.69. The van der Waals surface area contributed by atoms with E-state index in [1.165, 1.54) is 0 Å². The van der Waals surface area contributed by atoms with Gasteiger partial charge in [-0.3, -0.25) is 9.78 Å². The van der Waals surface area contributed by atoms with Gasteiger partial charge in [0, 0.05) is 16.5 Å². The van der Waals surface area contributed by atoms with Gasteiger partial charge in [0.25, 0.3) is 0 Å². The number of aryl methyl sites for hydroxylation is 2. The molecule has 1 amide bonds. The normalized spacial score (nSPS) is 11.6. The largest absolute Gasteiger partial charge is 0.325 e. The fraction of sp³-hybridized carbons (Fsp3) is 0.375. The summed E-state index contributed by atoms with van der Waals surface area (Å²) < 4.78 is 0. The van der Waals surface area contributed by atoms with Crippen molar-refractivity contribution in [2.24, 2.45) is 5.41 Å². The molecule has 0 fully saturated rings. The zero-order chi connectivity index (χ0) is 14.2. The quantitative estimate of drug-likeness (QED) is 0.842. The molecular weight excluding hydrogens is 236 g/mol. The van der Waals surface area contributed by atoms with E-state index in [9.17, 15) is 4.79 Å². The van der Waals surface area contributed by atoms with E-state index in [1.807, 2.05) is 58.9 Å². The van der Waals surface area contributed by atoms with E-state index in [2.05, 4.69) is 10.3 Å². The highest BCUT2D eigenvalue weighted by atomic mass is 16.2. The number of carbonyl (C=O) groups is 1. The Kier molecular flexibility index (Phi) is 3.31. The maximum atomic E-state index is 12.2. The highest BCUT2D eigenvalue weighted by Gasteiger charge is 2.22. The van der Waals surface area contributed by atoms with Gasteiger partial charge in [0.2, 0.25) is 5.91 Å². The molecule has 0 bridgehead atoms. The molecule has 0 saturated carbocycles. The number of rotatable bonds is 1. The number of carbonyl (C=O) groups excluding carboxylic acids is 1. The van der Waals surface area contributed by atoms with Crippen LogP contribution in [0.4, 0.5) is 5.69 Å². The van der Waals surface area contributed by atoms with Crippen molar-refractivity contribution in [3.8, 4) is 0 Å². The number of nitrogens with one attached hydrogen (secondary N) is 1. The molecule has 0 spiro atoms. The number of fused-ring (bicyclic) bond motifs is 1. The van der Waals surface area contributed by atoms with Crippen LogP contribution < -0.4 is 5.32 Å². The van der Waals surface area contributed by atoms with Crippen molar-refractivity contribution in [1.82, 2.24) is 4.98 Å². The predicted octanol–water partition coefficient (Wildman–Crippen LogP) is 3.84. The fourth-order valence-corrected chi connectivity index (χ4v) is 1.88. The third-order valence-corrected chi connectivity index (χ3v) is 3.14. The van der Waals surface area contributed by atoms with Gasteiger partial charge in [-0.05, 0) is 37.6 Å². The molecular formula is C16H20N2O. The Morgan fingerprint density at radius 2 is 1.79 bits per heavy atom. The van der Waals surface area contributed by atoms with Crippen molar-refractivity contribution < 1.29 is 4.79 Å². The summed E-state index contributed by atoms with van der Waals surface area (Å²) in [5.41, 5.74) is 3.40. The topological polar surface area (TPSA) is 42.0 Å². The number of hydrogen-bond donors (Lipinski definition) is 1. The van der Waals surface area contributed by atoms with Gasteiger partial charge in [-0.1, -0.05) is 26.8 Å². The minimum absolute atomic E-state index is 0.0173. The molecule has 1 heterocycles. The second-order valence-corrected chi connectivity index (χ2v) is 5.98. The van der Waals surface area contributed by atoms with E-state index in [4.69, 9.17) is 0 Å². The second-order valence-electron chi connectivity index (χ2n) is 5.98. The third-order valence-electron chi connectivity index (χ3n) is 3.14. The molecule has 0 aliphatic heterocycles. The molecule has 100 valence electrons. The van der Waals surface area contributed by atoms with Crippen molar-refractivity contribution in [2.45, 2.75) is 34.6 Å². The molecule has 1 aromatic heterocycles. The molecule has 0 unspecified atom stereocenters. The van der Waals surface area contributed by atoms with Crippen LogP contribution in [0.2, 0.25) is 0 Å². The average molecular weight is 256 g/mol. The first-order chi connectivity index (χ1) is 8.79. The van der Waals surface area contributed by atoms with Crippen LogP contribution in [0, 0.1) is 19.3 Å². The summed E-state index contributed by atoms with van der Waals surface area (Å²) in [6.07, 6.45) is 0. The molecule has 19 heavy (non-hydrogen) atoms. The van der Waals surface area contributed by atoms with Crippen LogP contribution in [-0.4, -0.2) is 10.9 Å². The lowest BCUT2D eigenvalue weighted by Gasteiger charge is -2.20. The number of hydrogen-bond acceptors (Lipinski definition) is 2. The van der Waals surface area contributed by atoms with Crippen LogP contribution in [0.3, 0.4) is 0 Å². The SMILES string of the molecule is Cc1ccc2c(NC(=O)C(C)(C)C)c(C)ccc2n1. The average Bonchev–Trinajstić information content (AvgIpc) is 2.31. The van der Waals surface area contributed by atoms with E-state index in [-0.39, 0.29) is 5.91 Å². The first kappa shape index (κ1) is 13.5. The molecule has 0 atom stereocenters. The monoisotopic (exact) mass is 256 g/mol. The Morgan fingerprint density at radius 1 is 1.11 bits per heavy atom. The molecule has 0 aliphatic carbocycles. The van der Waals surface area contributed by atoms with Gasteiger partial charge >= 0.3 is 0 Å². The number of anilines is 1. The zero-order valence-corrected chi connectivity index (χ0v) is 12.2. The number of pyridine rings is 1. The lowest BCUT2D eigenvalue weighted by Crippen LogP contribution is -2.28. The van der Waals surface area contributed by atoms with Crippen molar-refractivity contribution in [2.75, 3.05) is 5.32 Å². The van der Waals surface area contributed by atoms with E-state index in [1.54, 1.807) is 0 Å². The van der Waals surface area contributed by atoms with Gasteiger partial charge in [0.15, 0.2) is 0 Å². The van der Waals surface area contributed by atoms with Gasteiger partial charge < -0.3 is 5.32 Å². The minimum Gasteiger partial charge on any atom is -0.325 e. The highest BCUT2D eigenvalue weighted by Crippen LogP contribution is 2.28. The van der Waals surface area contributed by atoms with Crippen molar-refractivity contribution in [3.05, 3.63) is 35.5 Å². The Morgan fingerprint density at radius 3 is 2.42 bits per heavy atom. The third kappa shape index (κ3) is 2.75. The second kappa shape index (κ2) is 4.65. The molecule has 0 aliphatic rings. The Hall–Kier alpha value is -1.90. The summed E-state index contributed by atoms with van der Waals surface area (Å²) in [6, 6.07) is 7.97. The molecule has 1 aromatic carbocycles. The molecule has 2 aromatic rings. The van der Waals surface area contributed by atoms with Gasteiger partial charge in [-0.2, -0.15) is 0 Å². The maximum absolute atomic E-state index is 12.2. The Balaban J connectivity index is 2.53. The smallest absolute Gasteiger partial charge is 0.229 e. The Bertz CT molecular complexity index is 639. The van der Waals surface area contributed by atoms with Crippen LogP contribution in [-0.2, 0) is 4.79 Å². The van der Waals surface area contributed by atoms with E-state index < -0.39 is 5.41 Å². The molecule has 0 saturated heterocycles. The number of amides is 1. The van der Waals surface area contributed by atoms with Crippen molar-refractivity contribution >= 4 is 22.5 Å². The molecule has 2 rings (SSSR count). The number of benzene rings is 1. The van der Waals surface area contributed by atoms with Crippen LogP contribution >= 0.6 is 0 Å². The van der Waals surface area contributed by atoms with Crippen LogP contribution in [0.1, 0.15) is 32.0 Å². The van der Waals surface area contributed by atoms with Crippen molar-refractivity contribution in [3.63, 3.8) is 0 Å². The van der Waals surface area contributed by atoms with Crippen molar-refractivity contribution in [1.29, 1.82) is 0 Å². The Labute approximate surface area is 114 Å². The number of nitrogens with zero attached hydrogens (tertiary/aromatic N) is 1. The summed E-state index contributed by atoms with van der Waals surface area (Å²) in [7, 11) is 0. The highest BCUT2D eigenvalue weighted by molar-refractivity contribution is 6.03. The van der Waals surface area contributed by atoms with Crippen LogP contribution in [0.5, 0.6) is 0 Å². The first-order valence-electron chi connectivity index (χ1n) is 6.47. The zero-order valence-electron chi connectivity index (χ0n) is 12.2. The first-order valence-corrected chi connectivity index (χ1v) is 6.47. The summed E-state index contributed by atoms with van der Waals surface area (Å²) in [4.78, 5) is 16.7. The van der Waals surface area contributed by atoms with E-state index >= 15 is 0 Å². The van der Waals surface area contributed by atoms with Gasteiger partial charge in [-0.25, -0.2) is 0 Å². The maximum Gasteiger partial charge on any atom is 0.229 e. The van der Waals surface area contributed by atoms with Gasteiger partial charge in [-0.15, -0.1) is 0 Å². The standard InChI is InChI=1S/C16H20N2O/c1-10-6-9-13-12(8-7-11(2)17-13)14(10)18-15(19)16(3,4)5/h6-9H,1-5H3,(H,18,19). The molecule has 3 heteroatoms. The lowest BCUT2D eigenvalue weighted by molar-refractivity contribution is -0.123. The van der Waals surface area contributed by atoms with E-state index in [0.717, 1.165) is 27.8 Å². The predicted molar refractivity (Wildman–Crippen MR) is 79.3 cm³/mol. The minimum atomic E-state index is -0.410. The summed E-state index contributed by atoms with van der Waals surface area (Å²) >= 11 is 0. The summed E-state index contributed by atoms with van der Waals surface area (Å²) in [5, 5.41) is 4.02. The van der Waals surface area contributed by atoms with Gasteiger partial charge in [0.1, 0.15) is 0 Å². The molecule has 0 radical (unpaired) electrons. The summed E-state index contributed by atoms with van der Waals surface area (Å²) in [5.74, 6) is 0.0173. The molecule has 1 N–H and O–H groups in total. The molecule has 3 nitrogen and oxygen atoms in total. The number of aromatic nitrogens is 1.